The molecule has 0 aliphatic carbocycles. The van der Waals surface area contributed by atoms with Crippen LogP contribution in [0.15, 0.2) is 35.2 Å². The smallest absolute Gasteiger partial charge is 0.309 e. The first-order valence-corrected chi connectivity index (χ1v) is 10.3. The Bertz CT molecular complexity index is 1020. The first-order valence-electron chi connectivity index (χ1n) is 8.80. The van der Waals surface area contributed by atoms with Crippen molar-refractivity contribution in [2.45, 2.75) is 25.2 Å². The van der Waals surface area contributed by atoms with Gasteiger partial charge in [0.2, 0.25) is 10.0 Å². The van der Waals surface area contributed by atoms with Gasteiger partial charge in [0.05, 0.1) is 23.6 Å². The second-order valence-electron chi connectivity index (χ2n) is 6.34. The molecule has 2 aromatic rings. The molecule has 7 nitrogen and oxygen atoms in total. The van der Waals surface area contributed by atoms with E-state index >= 15 is 0 Å². The number of sulfonamides is 1. The van der Waals surface area contributed by atoms with E-state index in [1.807, 2.05) is 6.92 Å². The number of carbonyl (C=O) groups excluding carboxylic acids is 2. The Morgan fingerprint density at radius 2 is 1.96 bits per heavy atom. The van der Waals surface area contributed by atoms with E-state index in [1.54, 1.807) is 36.1 Å². The number of hydrogen-bond acceptors (Lipinski definition) is 5. The largest absolute Gasteiger partial charge is 0.469 e. The zero-order valence-electron chi connectivity index (χ0n) is 15.5. The highest BCUT2D eigenvalue weighted by Gasteiger charge is 2.31. The molecular weight excluding hydrogens is 368 g/mol. The fourth-order valence-corrected chi connectivity index (χ4v) is 4.70. The Morgan fingerprint density at radius 3 is 2.59 bits per heavy atom. The lowest BCUT2D eigenvalue weighted by molar-refractivity contribution is -0.145. The van der Waals surface area contributed by atoms with Crippen LogP contribution in [-0.2, 0) is 19.6 Å². The molecule has 3 rings (SSSR count). The van der Waals surface area contributed by atoms with E-state index in [1.165, 1.54) is 13.2 Å². The van der Waals surface area contributed by atoms with Crippen LogP contribution in [0.2, 0.25) is 0 Å². The second-order valence-corrected chi connectivity index (χ2v) is 8.08. The van der Waals surface area contributed by atoms with E-state index in [-0.39, 0.29) is 17.3 Å². The van der Waals surface area contributed by atoms with Gasteiger partial charge in [-0.25, -0.2) is 13.1 Å². The molecule has 0 saturated heterocycles. The lowest BCUT2D eigenvalue weighted by Gasteiger charge is -2.16. The average molecular weight is 390 g/mol. The molecule has 0 spiro atoms. The van der Waals surface area contributed by atoms with E-state index in [4.69, 9.17) is 4.74 Å². The first-order chi connectivity index (χ1) is 12.9. The van der Waals surface area contributed by atoms with Gasteiger partial charge >= 0.3 is 5.97 Å². The van der Waals surface area contributed by atoms with Crippen molar-refractivity contribution in [1.29, 1.82) is 0 Å². The maximum atomic E-state index is 12.9. The number of anilines is 1. The van der Waals surface area contributed by atoms with Gasteiger partial charge in [0.15, 0.2) is 0 Å². The summed E-state index contributed by atoms with van der Waals surface area (Å²) in [5.41, 5.74) is 1.22. The van der Waals surface area contributed by atoms with E-state index in [0.29, 0.717) is 35.0 Å². The normalized spacial score (nSPS) is 14.6. The Morgan fingerprint density at radius 1 is 1.22 bits per heavy atom. The summed E-state index contributed by atoms with van der Waals surface area (Å²) in [5.74, 6) is -1.14. The van der Waals surface area contributed by atoms with Gasteiger partial charge in [0.1, 0.15) is 0 Å². The van der Waals surface area contributed by atoms with Crippen molar-refractivity contribution >= 4 is 38.4 Å². The molecule has 27 heavy (non-hydrogen) atoms. The highest BCUT2D eigenvalue weighted by Crippen LogP contribution is 2.39. The number of nitrogens with zero attached hydrogens (tertiary/aromatic N) is 1. The summed E-state index contributed by atoms with van der Waals surface area (Å²) in [6.07, 6.45) is 0.457. The number of methoxy groups -OCH3 is 1. The van der Waals surface area contributed by atoms with Crippen LogP contribution < -0.4 is 9.62 Å². The van der Waals surface area contributed by atoms with Gasteiger partial charge in [-0.1, -0.05) is 19.1 Å². The number of amides is 1. The van der Waals surface area contributed by atoms with Crippen LogP contribution in [-0.4, -0.2) is 40.5 Å². The quantitative estimate of drug-likeness (QED) is 0.733. The van der Waals surface area contributed by atoms with Gasteiger partial charge in [-0.2, -0.15) is 0 Å². The van der Waals surface area contributed by atoms with Crippen molar-refractivity contribution < 1.29 is 22.7 Å². The topological polar surface area (TPSA) is 92.8 Å². The van der Waals surface area contributed by atoms with Crippen LogP contribution in [0, 0.1) is 5.92 Å². The summed E-state index contributed by atoms with van der Waals surface area (Å²) in [6, 6.07) is 8.25. The number of hydrogen-bond donors (Lipinski definition) is 1. The lowest BCUT2D eigenvalue weighted by Crippen LogP contribution is -2.33. The molecule has 1 unspecified atom stereocenters. The minimum atomic E-state index is -3.87. The van der Waals surface area contributed by atoms with Crippen LogP contribution in [0.3, 0.4) is 0 Å². The maximum absolute atomic E-state index is 12.9. The fraction of sp³-hybridized carbons (Fsp3) is 0.368. The van der Waals surface area contributed by atoms with E-state index in [2.05, 4.69) is 4.72 Å². The predicted molar refractivity (Wildman–Crippen MR) is 102 cm³/mol. The van der Waals surface area contributed by atoms with Crippen LogP contribution in [0.25, 0.3) is 10.8 Å². The number of nitrogens with one attached hydrogen (secondary N) is 1. The van der Waals surface area contributed by atoms with Crippen molar-refractivity contribution in [3.8, 4) is 0 Å². The standard InChI is InChI=1S/C19H22N2O5S/c1-4-12(19(23)26-3)11-20-27(24,25)16-10-9-15-17-13(16)7-6-8-14(17)18(22)21(15)5-2/h6-10,12,20H,4-5,11H2,1-3H3. The number of ether oxygens (including phenoxy) is 1. The van der Waals surface area contributed by atoms with Gasteiger partial charge < -0.3 is 9.64 Å². The average Bonchev–Trinajstić information content (AvgIpc) is 2.95. The van der Waals surface area contributed by atoms with E-state index in [0.717, 1.165) is 0 Å². The van der Waals surface area contributed by atoms with Gasteiger partial charge in [0.25, 0.3) is 5.91 Å². The molecule has 0 saturated carbocycles. The van der Waals surface area contributed by atoms with Crippen molar-refractivity contribution in [2.75, 3.05) is 25.1 Å². The Hall–Kier alpha value is -2.45. The zero-order chi connectivity index (χ0) is 19.8. The summed E-state index contributed by atoms with van der Waals surface area (Å²) in [7, 11) is -2.59. The van der Waals surface area contributed by atoms with Crippen LogP contribution >= 0.6 is 0 Å². The maximum Gasteiger partial charge on any atom is 0.309 e. The number of benzene rings is 2. The molecule has 0 bridgehead atoms. The molecule has 0 aromatic heterocycles. The first kappa shape index (κ1) is 19.3. The van der Waals surface area contributed by atoms with Gasteiger partial charge in [-0.05, 0) is 31.5 Å². The Balaban J connectivity index is 2.02. The number of esters is 1. The highest BCUT2D eigenvalue weighted by molar-refractivity contribution is 7.89. The monoisotopic (exact) mass is 390 g/mol. The Labute approximate surface area is 158 Å². The molecule has 1 heterocycles. The lowest BCUT2D eigenvalue weighted by atomic mass is 10.1. The number of rotatable bonds is 7. The third-order valence-electron chi connectivity index (χ3n) is 4.90. The van der Waals surface area contributed by atoms with E-state index < -0.39 is 21.9 Å². The molecule has 1 N–H and O–H groups in total. The molecule has 8 heteroatoms. The van der Waals surface area contributed by atoms with Crippen molar-refractivity contribution in [1.82, 2.24) is 4.72 Å². The molecule has 1 aliphatic rings. The molecule has 1 amide bonds. The van der Waals surface area contributed by atoms with Crippen molar-refractivity contribution in [2.24, 2.45) is 5.92 Å². The summed E-state index contributed by atoms with van der Waals surface area (Å²) in [6.45, 7) is 4.12. The van der Waals surface area contributed by atoms with Crippen molar-refractivity contribution in [3.63, 3.8) is 0 Å². The van der Waals surface area contributed by atoms with Gasteiger partial charge in [-0.15, -0.1) is 0 Å². The fourth-order valence-electron chi connectivity index (χ4n) is 3.42. The number of carbonyl (C=O) groups is 2. The van der Waals surface area contributed by atoms with Crippen LogP contribution in [0.4, 0.5) is 5.69 Å². The minimum Gasteiger partial charge on any atom is -0.469 e. The van der Waals surface area contributed by atoms with E-state index in [9.17, 15) is 18.0 Å². The van der Waals surface area contributed by atoms with Gasteiger partial charge in [-0.3, -0.25) is 9.59 Å². The van der Waals surface area contributed by atoms with Crippen molar-refractivity contribution in [3.05, 3.63) is 35.9 Å². The summed E-state index contributed by atoms with van der Waals surface area (Å²) in [4.78, 5) is 26.0. The highest BCUT2D eigenvalue weighted by atomic mass is 32.2. The summed E-state index contributed by atoms with van der Waals surface area (Å²) >= 11 is 0. The predicted octanol–water partition coefficient (Wildman–Crippen LogP) is 2.30. The van der Waals surface area contributed by atoms with Crippen LogP contribution in [0.5, 0.6) is 0 Å². The summed E-state index contributed by atoms with van der Waals surface area (Å²) in [5, 5.41) is 1.14. The third-order valence-corrected chi connectivity index (χ3v) is 6.38. The second kappa shape index (κ2) is 7.28. The molecule has 1 aliphatic heterocycles. The molecule has 0 fully saturated rings. The molecule has 1 atom stereocenters. The van der Waals surface area contributed by atoms with Gasteiger partial charge in [0, 0.05) is 29.4 Å². The molecule has 0 radical (unpaired) electrons. The molecule has 2 aromatic carbocycles. The minimum absolute atomic E-state index is 0.0472. The zero-order valence-corrected chi connectivity index (χ0v) is 16.3. The molecular formula is C19H22N2O5S. The Kier molecular flexibility index (Phi) is 5.21. The summed E-state index contributed by atoms with van der Waals surface area (Å²) < 4.78 is 33.0. The third kappa shape index (κ3) is 3.19. The molecule has 144 valence electrons. The van der Waals surface area contributed by atoms with Crippen LogP contribution in [0.1, 0.15) is 30.6 Å². The SMILES string of the molecule is CCC(CNS(=O)(=O)c1ccc2c3c(cccc13)C(=O)N2CC)C(=O)OC.